The van der Waals surface area contributed by atoms with Crippen LogP contribution < -0.4 is 9.46 Å². The van der Waals surface area contributed by atoms with Crippen LogP contribution in [0.2, 0.25) is 0 Å². The second-order valence-electron chi connectivity index (χ2n) is 6.49. The Balaban J connectivity index is 1.69. The molecule has 0 radical (unpaired) electrons. The van der Waals surface area contributed by atoms with Crippen LogP contribution in [-0.4, -0.2) is 49.1 Å². The average molecular weight is 378 g/mol. The van der Waals surface area contributed by atoms with E-state index in [1.807, 2.05) is 35.1 Å². The molecule has 3 rings (SSSR count). The number of hydrogen-bond donors (Lipinski definition) is 1. The highest BCUT2D eigenvalue weighted by molar-refractivity contribution is 7.89. The van der Waals surface area contributed by atoms with Gasteiger partial charge in [-0.1, -0.05) is 18.2 Å². The van der Waals surface area contributed by atoms with E-state index in [4.69, 9.17) is 4.74 Å². The molecule has 2 heterocycles. The van der Waals surface area contributed by atoms with E-state index in [-0.39, 0.29) is 11.8 Å². The van der Waals surface area contributed by atoms with E-state index in [0.717, 1.165) is 36.6 Å². The molecule has 0 unspecified atom stereocenters. The Kier molecular flexibility index (Phi) is 5.95. The van der Waals surface area contributed by atoms with Crippen LogP contribution in [0.25, 0.3) is 0 Å². The number of methoxy groups -OCH3 is 1. The largest absolute Gasteiger partial charge is 0.496 e. The van der Waals surface area contributed by atoms with Crippen molar-refractivity contribution >= 4 is 10.0 Å². The number of para-hydroxylation sites is 1. The molecule has 0 bridgehead atoms. The molecule has 1 N–H and O–H groups in total. The maximum absolute atomic E-state index is 11.7. The molecule has 1 aromatic carbocycles. The first kappa shape index (κ1) is 18.9. The van der Waals surface area contributed by atoms with Gasteiger partial charge in [0.2, 0.25) is 10.0 Å². The first-order valence-corrected chi connectivity index (χ1v) is 10.5. The smallest absolute Gasteiger partial charge is 0.211 e. The molecule has 0 spiro atoms. The van der Waals surface area contributed by atoms with Gasteiger partial charge in [-0.3, -0.25) is 9.58 Å². The minimum atomic E-state index is -3.17. The minimum absolute atomic E-state index is 0.102. The Labute approximate surface area is 155 Å². The first-order valence-electron chi connectivity index (χ1n) is 8.86. The van der Waals surface area contributed by atoms with E-state index in [2.05, 4.69) is 20.8 Å². The van der Waals surface area contributed by atoms with Crippen molar-refractivity contribution in [1.82, 2.24) is 19.4 Å². The topological polar surface area (TPSA) is 76.5 Å². The van der Waals surface area contributed by atoms with Gasteiger partial charge in [-0.15, -0.1) is 0 Å². The summed E-state index contributed by atoms with van der Waals surface area (Å²) in [6.07, 6.45) is 2.52. The van der Waals surface area contributed by atoms with Gasteiger partial charge in [0.25, 0.3) is 0 Å². The zero-order valence-electron chi connectivity index (χ0n) is 15.3. The minimum Gasteiger partial charge on any atom is -0.496 e. The Morgan fingerprint density at radius 3 is 2.88 bits per heavy atom. The molecule has 142 valence electrons. The van der Waals surface area contributed by atoms with E-state index < -0.39 is 10.0 Å². The van der Waals surface area contributed by atoms with Gasteiger partial charge in [0, 0.05) is 37.9 Å². The van der Waals surface area contributed by atoms with Crippen molar-refractivity contribution in [2.75, 3.05) is 26.0 Å². The Morgan fingerprint density at radius 1 is 1.31 bits per heavy atom. The lowest BCUT2D eigenvalue weighted by molar-refractivity contribution is 0.160. The van der Waals surface area contributed by atoms with Crippen molar-refractivity contribution in [3.63, 3.8) is 0 Å². The van der Waals surface area contributed by atoms with Gasteiger partial charge in [0.1, 0.15) is 5.75 Å². The van der Waals surface area contributed by atoms with Gasteiger partial charge < -0.3 is 4.74 Å². The standard InChI is InChI=1S/C18H26N4O3S/c1-3-26(23,24)20-11-9-17-14-21(13-16-8-10-19-22(16)17)12-15-6-4-5-7-18(15)25-2/h4-8,10,17,20H,3,9,11-14H2,1-2H3/t17-/m1/s1. The lowest BCUT2D eigenvalue weighted by Crippen LogP contribution is -2.39. The zero-order valence-corrected chi connectivity index (χ0v) is 16.1. The number of fused-ring (bicyclic) bond motifs is 1. The van der Waals surface area contributed by atoms with Crippen LogP contribution in [-0.2, 0) is 23.1 Å². The van der Waals surface area contributed by atoms with Gasteiger partial charge in [-0.2, -0.15) is 5.10 Å². The summed E-state index contributed by atoms with van der Waals surface area (Å²) < 4.78 is 33.5. The number of nitrogens with zero attached hydrogens (tertiary/aromatic N) is 3. The van der Waals surface area contributed by atoms with Gasteiger partial charge in [0.15, 0.2) is 0 Å². The third-order valence-corrected chi connectivity index (χ3v) is 6.12. The molecular weight excluding hydrogens is 352 g/mol. The second-order valence-corrected chi connectivity index (χ2v) is 8.58. The molecule has 7 nitrogen and oxygen atoms in total. The third kappa shape index (κ3) is 4.44. The predicted octanol–water partition coefficient (Wildman–Crippen LogP) is 1.78. The van der Waals surface area contributed by atoms with Crippen LogP contribution in [0.1, 0.15) is 30.6 Å². The molecular formula is C18H26N4O3S. The second kappa shape index (κ2) is 8.20. The Morgan fingerprint density at radius 2 is 2.12 bits per heavy atom. The first-order chi connectivity index (χ1) is 12.5. The van der Waals surface area contributed by atoms with Crippen molar-refractivity contribution in [2.45, 2.75) is 32.5 Å². The van der Waals surface area contributed by atoms with Crippen molar-refractivity contribution in [1.29, 1.82) is 0 Å². The number of ether oxygens (including phenoxy) is 1. The maximum atomic E-state index is 11.7. The molecule has 1 aliphatic heterocycles. The molecule has 1 aliphatic rings. The summed E-state index contributed by atoms with van der Waals surface area (Å²) >= 11 is 0. The molecule has 0 aliphatic carbocycles. The molecule has 1 aromatic heterocycles. The summed E-state index contributed by atoms with van der Waals surface area (Å²) in [5.41, 5.74) is 2.29. The number of benzene rings is 1. The number of sulfonamides is 1. The summed E-state index contributed by atoms with van der Waals surface area (Å²) in [7, 11) is -1.48. The van der Waals surface area contributed by atoms with E-state index in [1.54, 1.807) is 14.0 Å². The summed E-state index contributed by atoms with van der Waals surface area (Å²) in [6.45, 7) is 4.48. The van der Waals surface area contributed by atoms with Crippen LogP contribution >= 0.6 is 0 Å². The quantitative estimate of drug-likeness (QED) is 0.758. The highest BCUT2D eigenvalue weighted by atomic mass is 32.2. The molecule has 0 saturated heterocycles. The van der Waals surface area contributed by atoms with Crippen LogP contribution in [0.15, 0.2) is 36.5 Å². The molecule has 0 fully saturated rings. The fourth-order valence-corrected chi connectivity index (χ4v) is 3.99. The summed E-state index contributed by atoms with van der Waals surface area (Å²) in [5.74, 6) is 0.990. The molecule has 26 heavy (non-hydrogen) atoms. The molecule has 0 saturated carbocycles. The zero-order chi connectivity index (χ0) is 18.6. The number of nitrogens with one attached hydrogen (secondary N) is 1. The van der Waals surface area contributed by atoms with Crippen LogP contribution in [0.5, 0.6) is 5.75 Å². The molecule has 8 heteroatoms. The average Bonchev–Trinajstić information content (AvgIpc) is 3.11. The van der Waals surface area contributed by atoms with Crippen molar-refractivity contribution in [3.8, 4) is 5.75 Å². The van der Waals surface area contributed by atoms with Crippen LogP contribution in [0, 0.1) is 0 Å². The predicted molar refractivity (Wildman–Crippen MR) is 100 cm³/mol. The van der Waals surface area contributed by atoms with Crippen LogP contribution in [0.4, 0.5) is 0 Å². The maximum Gasteiger partial charge on any atom is 0.211 e. The SMILES string of the molecule is CCS(=O)(=O)NCC[C@@H]1CN(Cc2ccccc2OC)Cc2ccnn21. The van der Waals surface area contributed by atoms with Crippen molar-refractivity contribution in [3.05, 3.63) is 47.8 Å². The van der Waals surface area contributed by atoms with E-state index >= 15 is 0 Å². The number of hydrogen-bond acceptors (Lipinski definition) is 5. The normalized spacial score (nSPS) is 17.8. The monoisotopic (exact) mass is 378 g/mol. The summed E-state index contributed by atoms with van der Waals surface area (Å²) in [5, 5.41) is 4.44. The van der Waals surface area contributed by atoms with E-state index in [0.29, 0.717) is 13.0 Å². The van der Waals surface area contributed by atoms with Crippen molar-refractivity contribution < 1.29 is 13.2 Å². The fraction of sp³-hybridized carbons (Fsp3) is 0.500. The van der Waals surface area contributed by atoms with Crippen molar-refractivity contribution in [2.24, 2.45) is 0 Å². The molecule has 2 aromatic rings. The lowest BCUT2D eigenvalue weighted by atomic mass is 10.1. The van der Waals surface area contributed by atoms with Gasteiger partial charge >= 0.3 is 0 Å². The van der Waals surface area contributed by atoms with Gasteiger partial charge in [-0.05, 0) is 25.5 Å². The summed E-state index contributed by atoms with van der Waals surface area (Å²) in [6, 6.07) is 10.2. The lowest BCUT2D eigenvalue weighted by Gasteiger charge is -2.34. The number of aromatic nitrogens is 2. The van der Waals surface area contributed by atoms with Gasteiger partial charge in [-0.25, -0.2) is 13.1 Å². The summed E-state index contributed by atoms with van der Waals surface area (Å²) in [4.78, 5) is 2.36. The Hall–Kier alpha value is -1.90. The van der Waals surface area contributed by atoms with E-state index in [1.165, 1.54) is 0 Å². The highest BCUT2D eigenvalue weighted by Gasteiger charge is 2.26. The molecule has 0 amide bonds. The fourth-order valence-electron chi connectivity index (χ4n) is 3.36. The van der Waals surface area contributed by atoms with Crippen LogP contribution in [0.3, 0.4) is 0 Å². The third-order valence-electron chi connectivity index (χ3n) is 4.72. The van der Waals surface area contributed by atoms with Gasteiger partial charge in [0.05, 0.1) is 24.6 Å². The molecule has 1 atom stereocenters. The Bertz CT molecular complexity index is 834. The number of rotatable bonds is 8. The van der Waals surface area contributed by atoms with E-state index in [9.17, 15) is 8.42 Å². The highest BCUT2D eigenvalue weighted by Crippen LogP contribution is 2.26.